The number of guanidine groups is 1. The van der Waals surface area contributed by atoms with E-state index in [2.05, 4.69) is 20.4 Å². The van der Waals surface area contributed by atoms with Gasteiger partial charge in [0, 0.05) is 18.0 Å². The molecule has 100 valence electrons. The van der Waals surface area contributed by atoms with Gasteiger partial charge in [0.05, 0.1) is 20.1 Å². The van der Waals surface area contributed by atoms with Crippen LogP contribution in [0.4, 0.5) is 0 Å². The molecule has 0 aliphatic carbocycles. The van der Waals surface area contributed by atoms with Gasteiger partial charge < -0.3 is 15.4 Å². The Kier molecular flexibility index (Phi) is 6.86. The maximum atomic E-state index is 11.0. The van der Waals surface area contributed by atoms with Crippen molar-refractivity contribution in [3.63, 3.8) is 0 Å². The third-order valence-corrected chi connectivity index (χ3v) is 3.03. The van der Waals surface area contributed by atoms with Gasteiger partial charge in [0.15, 0.2) is 5.96 Å². The molecule has 1 rings (SSSR count). The number of aliphatic imine (C=N–C) groups is 1. The maximum Gasteiger partial charge on any atom is 0.307 e. The van der Waals surface area contributed by atoms with Crippen molar-refractivity contribution in [3.8, 4) is 0 Å². The van der Waals surface area contributed by atoms with E-state index in [-0.39, 0.29) is 5.97 Å². The first-order chi connectivity index (χ1) is 8.76. The largest absolute Gasteiger partial charge is 0.469 e. The fourth-order valence-corrected chi connectivity index (χ4v) is 1.91. The van der Waals surface area contributed by atoms with E-state index >= 15 is 0 Å². The first kappa shape index (κ1) is 14.5. The Labute approximate surface area is 111 Å². The van der Waals surface area contributed by atoms with Gasteiger partial charge in [-0.3, -0.25) is 4.79 Å². The van der Waals surface area contributed by atoms with Crippen LogP contribution in [-0.4, -0.2) is 32.1 Å². The van der Waals surface area contributed by atoms with E-state index in [4.69, 9.17) is 0 Å². The van der Waals surface area contributed by atoms with Crippen LogP contribution >= 0.6 is 11.3 Å². The zero-order valence-electron chi connectivity index (χ0n) is 10.7. The van der Waals surface area contributed by atoms with Crippen molar-refractivity contribution in [2.75, 3.05) is 20.2 Å². The summed E-state index contributed by atoms with van der Waals surface area (Å²) in [5.74, 6) is 0.492. The lowest BCUT2D eigenvalue weighted by molar-refractivity contribution is -0.140. The molecule has 0 aromatic carbocycles. The topological polar surface area (TPSA) is 62.7 Å². The fraction of sp³-hybridized carbons (Fsp3) is 0.500. The lowest BCUT2D eigenvalue weighted by Crippen LogP contribution is -2.38. The van der Waals surface area contributed by atoms with Crippen molar-refractivity contribution < 1.29 is 9.53 Å². The van der Waals surface area contributed by atoms with E-state index < -0.39 is 0 Å². The molecule has 0 bridgehead atoms. The number of rotatable bonds is 6. The van der Waals surface area contributed by atoms with E-state index in [0.717, 1.165) is 12.5 Å². The number of esters is 1. The second-order valence-electron chi connectivity index (χ2n) is 3.53. The number of hydrogen-bond donors (Lipinski definition) is 2. The second-order valence-corrected chi connectivity index (χ2v) is 4.56. The van der Waals surface area contributed by atoms with Crippen molar-refractivity contribution in [2.45, 2.75) is 19.9 Å². The van der Waals surface area contributed by atoms with Gasteiger partial charge in [0.2, 0.25) is 0 Å². The minimum Gasteiger partial charge on any atom is -0.469 e. The van der Waals surface area contributed by atoms with Crippen LogP contribution in [-0.2, 0) is 16.1 Å². The molecule has 5 nitrogen and oxygen atoms in total. The Morgan fingerprint density at radius 2 is 2.33 bits per heavy atom. The Balaban J connectivity index is 2.38. The van der Waals surface area contributed by atoms with E-state index in [1.54, 1.807) is 11.3 Å². The zero-order valence-corrected chi connectivity index (χ0v) is 11.5. The van der Waals surface area contributed by atoms with Gasteiger partial charge in [-0.25, -0.2) is 4.99 Å². The summed E-state index contributed by atoms with van der Waals surface area (Å²) in [4.78, 5) is 16.6. The van der Waals surface area contributed by atoms with Gasteiger partial charge in [0.1, 0.15) is 0 Å². The van der Waals surface area contributed by atoms with Crippen molar-refractivity contribution in [1.82, 2.24) is 10.6 Å². The van der Waals surface area contributed by atoms with Crippen LogP contribution in [0.1, 0.15) is 18.2 Å². The summed E-state index contributed by atoms with van der Waals surface area (Å²) in [6.45, 7) is 3.95. The third-order valence-electron chi connectivity index (χ3n) is 2.17. The normalized spacial score (nSPS) is 11.1. The molecule has 0 amide bonds. The summed E-state index contributed by atoms with van der Waals surface area (Å²) in [5.41, 5.74) is 0. The van der Waals surface area contributed by atoms with Crippen molar-refractivity contribution in [2.24, 2.45) is 4.99 Å². The monoisotopic (exact) mass is 269 g/mol. The van der Waals surface area contributed by atoms with Gasteiger partial charge in [-0.2, -0.15) is 0 Å². The summed E-state index contributed by atoms with van der Waals surface area (Å²) in [7, 11) is 1.39. The molecule has 0 atom stereocenters. The number of methoxy groups -OCH3 is 1. The molecule has 1 heterocycles. The van der Waals surface area contributed by atoms with Crippen LogP contribution in [0.3, 0.4) is 0 Å². The standard InChI is InChI=1S/C12H19N3O2S/c1-3-13-12(14-7-6-11(16)17-2)15-9-10-5-4-8-18-10/h4-5,8H,3,6-7,9H2,1-2H3,(H2,13,14,15). The first-order valence-corrected chi connectivity index (χ1v) is 6.75. The van der Waals surface area contributed by atoms with Crippen LogP contribution in [0.2, 0.25) is 0 Å². The summed E-state index contributed by atoms with van der Waals surface area (Å²) < 4.78 is 4.57. The van der Waals surface area contributed by atoms with E-state index in [1.807, 2.05) is 24.4 Å². The molecule has 18 heavy (non-hydrogen) atoms. The number of carbonyl (C=O) groups is 1. The van der Waals surface area contributed by atoms with Crippen LogP contribution in [0.25, 0.3) is 0 Å². The number of carbonyl (C=O) groups excluding carboxylic acids is 1. The van der Waals surface area contributed by atoms with Gasteiger partial charge in [-0.05, 0) is 18.4 Å². The summed E-state index contributed by atoms with van der Waals surface area (Å²) >= 11 is 1.68. The van der Waals surface area contributed by atoms with Gasteiger partial charge in [0.25, 0.3) is 0 Å². The molecule has 6 heteroatoms. The second kappa shape index (κ2) is 8.52. The van der Waals surface area contributed by atoms with Crippen molar-refractivity contribution in [3.05, 3.63) is 22.4 Å². The maximum absolute atomic E-state index is 11.0. The van der Waals surface area contributed by atoms with E-state index in [1.165, 1.54) is 12.0 Å². The van der Waals surface area contributed by atoms with Gasteiger partial charge >= 0.3 is 5.97 Å². The third kappa shape index (κ3) is 5.67. The molecule has 2 N–H and O–H groups in total. The highest BCUT2D eigenvalue weighted by molar-refractivity contribution is 7.09. The molecule has 0 aliphatic rings. The molecular weight excluding hydrogens is 250 g/mol. The lowest BCUT2D eigenvalue weighted by atomic mass is 10.4. The SMILES string of the molecule is CCNC(=NCc1cccs1)NCCC(=O)OC. The Hall–Kier alpha value is -1.56. The molecule has 0 unspecified atom stereocenters. The molecule has 0 spiro atoms. The van der Waals surface area contributed by atoms with Gasteiger partial charge in [-0.15, -0.1) is 11.3 Å². The number of nitrogens with zero attached hydrogens (tertiary/aromatic N) is 1. The smallest absolute Gasteiger partial charge is 0.307 e. The predicted molar refractivity (Wildman–Crippen MR) is 73.8 cm³/mol. The lowest BCUT2D eigenvalue weighted by Gasteiger charge is -2.10. The zero-order chi connectivity index (χ0) is 13.2. The highest BCUT2D eigenvalue weighted by Gasteiger charge is 2.01. The molecule has 0 radical (unpaired) electrons. The summed E-state index contributed by atoms with van der Waals surface area (Å²) in [6, 6.07) is 4.05. The molecular formula is C12H19N3O2S. The van der Waals surface area contributed by atoms with Crippen molar-refractivity contribution in [1.29, 1.82) is 0 Å². The van der Waals surface area contributed by atoms with Crippen LogP contribution in [0, 0.1) is 0 Å². The van der Waals surface area contributed by atoms with Crippen LogP contribution < -0.4 is 10.6 Å². The highest BCUT2D eigenvalue weighted by Crippen LogP contribution is 2.09. The van der Waals surface area contributed by atoms with E-state index in [9.17, 15) is 4.79 Å². The molecule has 0 fully saturated rings. The molecule has 0 saturated heterocycles. The molecule has 0 aliphatic heterocycles. The average Bonchev–Trinajstić information content (AvgIpc) is 2.88. The fourth-order valence-electron chi connectivity index (χ4n) is 1.29. The van der Waals surface area contributed by atoms with Crippen molar-refractivity contribution >= 4 is 23.3 Å². The summed E-state index contributed by atoms with van der Waals surface area (Å²) in [6.07, 6.45) is 0.333. The minimum atomic E-state index is -0.225. The van der Waals surface area contributed by atoms with Gasteiger partial charge in [-0.1, -0.05) is 6.07 Å². The minimum absolute atomic E-state index is 0.225. The number of hydrogen-bond acceptors (Lipinski definition) is 4. The Morgan fingerprint density at radius 3 is 2.94 bits per heavy atom. The quantitative estimate of drug-likeness (QED) is 0.465. The number of ether oxygens (including phenoxy) is 1. The van der Waals surface area contributed by atoms with Crippen LogP contribution in [0.5, 0.6) is 0 Å². The Morgan fingerprint density at radius 1 is 1.50 bits per heavy atom. The van der Waals surface area contributed by atoms with Crippen LogP contribution in [0.15, 0.2) is 22.5 Å². The molecule has 1 aromatic heterocycles. The number of nitrogens with one attached hydrogen (secondary N) is 2. The molecule has 0 saturated carbocycles. The number of thiophene rings is 1. The summed E-state index contributed by atoms with van der Waals surface area (Å²) in [5, 5.41) is 8.25. The first-order valence-electron chi connectivity index (χ1n) is 5.87. The highest BCUT2D eigenvalue weighted by atomic mass is 32.1. The Bertz CT molecular complexity index is 377. The molecule has 1 aromatic rings. The van der Waals surface area contributed by atoms with E-state index in [0.29, 0.717) is 19.5 Å². The average molecular weight is 269 g/mol. The predicted octanol–water partition coefficient (Wildman–Crippen LogP) is 1.37.